The zero-order chi connectivity index (χ0) is 21.0. The first-order valence-corrected chi connectivity index (χ1v) is 12.4. The molecule has 0 fully saturated rings. The van der Waals surface area contributed by atoms with Crippen molar-refractivity contribution < 1.29 is 4.79 Å². The Labute approximate surface area is 177 Å². The molecule has 0 spiro atoms. The lowest BCUT2D eigenvalue weighted by Gasteiger charge is -2.26. The van der Waals surface area contributed by atoms with Crippen molar-refractivity contribution in [3.8, 4) is 0 Å². The average molecular weight is 394 g/mol. The standard InChI is InChI=1S/C26H51NO/c1-6-7-8-9-10-11-12-13-14-15-16-17-18-19-20-21-26(28)27(22-24(2)3)23-25(4)5/h13-14,24-25H,6-12,15-23H2,1-5H3. The van der Waals surface area contributed by atoms with Crippen LogP contribution in [0, 0.1) is 11.8 Å². The van der Waals surface area contributed by atoms with E-state index in [9.17, 15) is 4.79 Å². The Morgan fingerprint density at radius 3 is 1.57 bits per heavy atom. The van der Waals surface area contributed by atoms with Gasteiger partial charge in [-0.15, -0.1) is 0 Å². The fourth-order valence-electron chi connectivity index (χ4n) is 3.66. The smallest absolute Gasteiger partial charge is 0.222 e. The molecule has 0 aromatic carbocycles. The van der Waals surface area contributed by atoms with Gasteiger partial charge < -0.3 is 4.90 Å². The van der Waals surface area contributed by atoms with Crippen LogP contribution in [0.15, 0.2) is 12.2 Å². The van der Waals surface area contributed by atoms with Crippen molar-refractivity contribution in [2.75, 3.05) is 13.1 Å². The zero-order valence-electron chi connectivity index (χ0n) is 20.0. The van der Waals surface area contributed by atoms with E-state index in [2.05, 4.69) is 51.7 Å². The molecule has 0 unspecified atom stereocenters. The topological polar surface area (TPSA) is 20.3 Å². The normalized spacial score (nSPS) is 11.8. The van der Waals surface area contributed by atoms with Crippen molar-refractivity contribution >= 4 is 5.91 Å². The maximum absolute atomic E-state index is 12.5. The van der Waals surface area contributed by atoms with Crippen LogP contribution in [0.1, 0.15) is 125 Å². The van der Waals surface area contributed by atoms with Crippen LogP contribution in [0.5, 0.6) is 0 Å². The van der Waals surface area contributed by atoms with Gasteiger partial charge >= 0.3 is 0 Å². The van der Waals surface area contributed by atoms with Crippen LogP contribution in [0.25, 0.3) is 0 Å². The summed E-state index contributed by atoms with van der Waals surface area (Å²) in [7, 11) is 0. The first-order chi connectivity index (χ1) is 13.5. The van der Waals surface area contributed by atoms with Gasteiger partial charge in [0.2, 0.25) is 5.91 Å². The minimum absolute atomic E-state index is 0.361. The van der Waals surface area contributed by atoms with Crippen molar-refractivity contribution in [1.82, 2.24) is 4.90 Å². The molecular weight excluding hydrogens is 342 g/mol. The van der Waals surface area contributed by atoms with E-state index < -0.39 is 0 Å². The molecule has 1 amide bonds. The Balaban J connectivity index is 3.57. The summed E-state index contributed by atoms with van der Waals surface area (Å²) < 4.78 is 0. The predicted octanol–water partition coefficient (Wildman–Crippen LogP) is 8.16. The van der Waals surface area contributed by atoms with E-state index in [1.54, 1.807) is 0 Å². The average Bonchev–Trinajstić information content (AvgIpc) is 2.63. The van der Waals surface area contributed by atoms with Crippen LogP contribution in [-0.2, 0) is 4.79 Å². The summed E-state index contributed by atoms with van der Waals surface area (Å²) in [5, 5.41) is 0. The third-order valence-corrected chi connectivity index (χ3v) is 5.18. The van der Waals surface area contributed by atoms with Crippen LogP contribution in [0.4, 0.5) is 0 Å². The number of carbonyl (C=O) groups excluding carboxylic acids is 1. The molecule has 0 heterocycles. The summed E-state index contributed by atoms with van der Waals surface area (Å²) >= 11 is 0. The SMILES string of the molecule is CCCCCCCCC=CCCCCCCCC(=O)N(CC(C)C)CC(C)C. The lowest BCUT2D eigenvalue weighted by atomic mass is 10.1. The monoisotopic (exact) mass is 393 g/mol. The van der Waals surface area contributed by atoms with E-state index in [-0.39, 0.29) is 0 Å². The van der Waals surface area contributed by atoms with Gasteiger partial charge in [0.25, 0.3) is 0 Å². The molecule has 28 heavy (non-hydrogen) atoms. The maximum Gasteiger partial charge on any atom is 0.222 e. The van der Waals surface area contributed by atoms with Gasteiger partial charge in [0.1, 0.15) is 0 Å². The number of hydrogen-bond acceptors (Lipinski definition) is 1. The molecule has 0 rings (SSSR count). The van der Waals surface area contributed by atoms with Crippen LogP contribution >= 0.6 is 0 Å². The van der Waals surface area contributed by atoms with Gasteiger partial charge in [-0.05, 0) is 43.9 Å². The lowest BCUT2D eigenvalue weighted by molar-refractivity contribution is -0.132. The highest BCUT2D eigenvalue weighted by Crippen LogP contribution is 2.12. The summed E-state index contributed by atoms with van der Waals surface area (Å²) in [6.07, 6.45) is 22.4. The first kappa shape index (κ1) is 27.2. The fraction of sp³-hybridized carbons (Fsp3) is 0.885. The highest BCUT2D eigenvalue weighted by Gasteiger charge is 2.15. The summed E-state index contributed by atoms with van der Waals surface area (Å²) in [6.45, 7) is 12.9. The largest absolute Gasteiger partial charge is 0.342 e. The van der Waals surface area contributed by atoms with Crippen LogP contribution < -0.4 is 0 Å². The van der Waals surface area contributed by atoms with E-state index in [1.807, 2.05) is 0 Å². The first-order valence-electron chi connectivity index (χ1n) is 12.4. The molecule has 0 bridgehead atoms. The molecule has 0 aromatic heterocycles. The van der Waals surface area contributed by atoms with E-state index in [4.69, 9.17) is 0 Å². The van der Waals surface area contributed by atoms with E-state index in [1.165, 1.54) is 77.0 Å². The maximum atomic E-state index is 12.5. The quantitative estimate of drug-likeness (QED) is 0.160. The predicted molar refractivity (Wildman–Crippen MR) is 126 cm³/mol. The van der Waals surface area contributed by atoms with Gasteiger partial charge in [0, 0.05) is 19.5 Å². The number of rotatable bonds is 19. The third-order valence-electron chi connectivity index (χ3n) is 5.18. The second-order valence-corrected chi connectivity index (χ2v) is 9.42. The van der Waals surface area contributed by atoms with Gasteiger partial charge in [0.15, 0.2) is 0 Å². The molecule has 2 nitrogen and oxygen atoms in total. The highest BCUT2D eigenvalue weighted by atomic mass is 16.2. The van der Waals surface area contributed by atoms with Crippen molar-refractivity contribution in [3.63, 3.8) is 0 Å². The second-order valence-electron chi connectivity index (χ2n) is 9.42. The second kappa shape index (κ2) is 19.5. The summed E-state index contributed by atoms with van der Waals surface area (Å²) in [6, 6.07) is 0. The van der Waals surface area contributed by atoms with E-state index in [0.29, 0.717) is 17.7 Å². The molecular formula is C26H51NO. The Kier molecular flexibility index (Phi) is 19.0. The van der Waals surface area contributed by atoms with Crippen molar-refractivity contribution in [2.24, 2.45) is 11.8 Å². The van der Waals surface area contributed by atoms with Crippen LogP contribution in [0.3, 0.4) is 0 Å². The van der Waals surface area contributed by atoms with Crippen molar-refractivity contribution in [2.45, 2.75) is 125 Å². The number of allylic oxidation sites excluding steroid dienone is 2. The third kappa shape index (κ3) is 18.6. The number of nitrogens with zero attached hydrogens (tertiary/aromatic N) is 1. The fourth-order valence-corrected chi connectivity index (χ4v) is 3.66. The van der Waals surface area contributed by atoms with Crippen molar-refractivity contribution in [1.29, 1.82) is 0 Å². The highest BCUT2D eigenvalue weighted by molar-refractivity contribution is 5.76. The van der Waals surface area contributed by atoms with Gasteiger partial charge in [-0.3, -0.25) is 4.79 Å². The number of hydrogen-bond donors (Lipinski definition) is 0. The summed E-state index contributed by atoms with van der Waals surface area (Å²) in [5.74, 6) is 1.47. The summed E-state index contributed by atoms with van der Waals surface area (Å²) in [5.41, 5.74) is 0. The molecule has 2 heteroatoms. The van der Waals surface area contributed by atoms with Gasteiger partial charge in [0.05, 0.1) is 0 Å². The molecule has 0 aromatic rings. The molecule has 0 saturated heterocycles. The Morgan fingerprint density at radius 1 is 0.679 bits per heavy atom. The Bertz CT molecular complexity index is 363. The van der Waals surface area contributed by atoms with Gasteiger partial charge in [-0.25, -0.2) is 0 Å². The zero-order valence-corrected chi connectivity index (χ0v) is 20.0. The minimum Gasteiger partial charge on any atom is -0.342 e. The van der Waals surface area contributed by atoms with Crippen molar-refractivity contribution in [3.05, 3.63) is 12.2 Å². The Morgan fingerprint density at radius 2 is 1.11 bits per heavy atom. The van der Waals surface area contributed by atoms with Gasteiger partial charge in [-0.1, -0.05) is 98.1 Å². The van der Waals surface area contributed by atoms with E-state index >= 15 is 0 Å². The molecule has 0 atom stereocenters. The lowest BCUT2D eigenvalue weighted by Crippen LogP contribution is -2.36. The number of unbranched alkanes of at least 4 members (excludes halogenated alkanes) is 11. The molecule has 0 aliphatic heterocycles. The number of amides is 1. The van der Waals surface area contributed by atoms with Crippen LogP contribution in [-0.4, -0.2) is 23.9 Å². The molecule has 0 aliphatic carbocycles. The molecule has 0 radical (unpaired) electrons. The molecule has 166 valence electrons. The molecule has 0 saturated carbocycles. The molecule has 0 N–H and O–H groups in total. The summed E-state index contributed by atoms with van der Waals surface area (Å²) in [4.78, 5) is 14.6. The van der Waals surface area contributed by atoms with E-state index in [0.717, 1.165) is 25.9 Å². The Hall–Kier alpha value is -0.790. The molecule has 0 aliphatic rings. The van der Waals surface area contributed by atoms with Gasteiger partial charge in [-0.2, -0.15) is 0 Å². The minimum atomic E-state index is 0.361. The number of carbonyl (C=O) groups is 1. The van der Waals surface area contributed by atoms with Crippen LogP contribution in [0.2, 0.25) is 0 Å².